The maximum Gasteiger partial charge on any atom is 0.0535 e. The minimum Gasteiger partial charge on any atom is -0.361 e. The Labute approximate surface area is 108 Å². The van der Waals surface area contributed by atoms with Crippen LogP contribution in [0.2, 0.25) is 0 Å². The first-order chi connectivity index (χ1) is 8.90. The maximum absolute atomic E-state index is 4.05. The molecule has 0 saturated carbocycles. The Morgan fingerprint density at radius 2 is 2.00 bits per heavy atom. The highest BCUT2D eigenvalue weighted by molar-refractivity contribution is 5.83. The summed E-state index contributed by atoms with van der Waals surface area (Å²) in [5.74, 6) is 0. The van der Waals surface area contributed by atoms with Crippen LogP contribution in [0.25, 0.3) is 10.9 Å². The molecule has 0 amide bonds. The molecule has 18 heavy (non-hydrogen) atoms. The molecule has 1 aliphatic heterocycles. The molecule has 0 aliphatic carbocycles. The number of aromatic amines is 1. The smallest absolute Gasteiger partial charge is 0.0535 e. The van der Waals surface area contributed by atoms with E-state index < -0.39 is 0 Å². The van der Waals surface area contributed by atoms with Crippen LogP contribution in [0.5, 0.6) is 0 Å². The molecule has 2 heterocycles. The van der Waals surface area contributed by atoms with Crippen molar-refractivity contribution in [2.45, 2.75) is 25.3 Å². The first-order valence-electron chi connectivity index (χ1n) is 6.83. The van der Waals surface area contributed by atoms with Gasteiger partial charge in [-0.15, -0.1) is 6.58 Å². The van der Waals surface area contributed by atoms with Crippen LogP contribution in [0.4, 0.5) is 0 Å². The summed E-state index contributed by atoms with van der Waals surface area (Å²) in [6.07, 6.45) is 8.10. The zero-order valence-corrected chi connectivity index (χ0v) is 10.7. The van der Waals surface area contributed by atoms with Gasteiger partial charge in [-0.2, -0.15) is 0 Å². The van der Waals surface area contributed by atoms with Gasteiger partial charge in [0.2, 0.25) is 0 Å². The Bertz CT molecular complexity index is 535. The van der Waals surface area contributed by atoms with Gasteiger partial charge in [-0.05, 0) is 43.6 Å². The lowest BCUT2D eigenvalue weighted by Gasteiger charge is -2.33. The number of hydrogen-bond donors (Lipinski definition) is 1. The summed E-state index contributed by atoms with van der Waals surface area (Å²) in [6.45, 7) is 6.44. The standard InChI is InChI=1S/C16H20N2/c1-2-16(18-11-4-3-5-12-18)14-7-6-8-15-13(14)9-10-17-15/h2,6-10,16-17H,1,3-5,11-12H2. The highest BCUT2D eigenvalue weighted by Gasteiger charge is 2.21. The van der Waals surface area contributed by atoms with E-state index in [1.165, 1.54) is 48.8 Å². The fourth-order valence-electron chi connectivity index (χ4n) is 3.04. The number of fused-ring (bicyclic) bond motifs is 1. The van der Waals surface area contributed by atoms with Crippen LogP contribution < -0.4 is 0 Å². The Morgan fingerprint density at radius 1 is 1.17 bits per heavy atom. The molecular formula is C16H20N2. The predicted octanol–water partition coefficient (Wildman–Crippen LogP) is 3.88. The highest BCUT2D eigenvalue weighted by Crippen LogP contribution is 2.30. The molecule has 0 radical (unpaired) electrons. The summed E-state index contributed by atoms with van der Waals surface area (Å²) in [5.41, 5.74) is 2.60. The van der Waals surface area contributed by atoms with E-state index in [1.807, 2.05) is 6.20 Å². The van der Waals surface area contributed by atoms with E-state index in [4.69, 9.17) is 0 Å². The van der Waals surface area contributed by atoms with Crippen LogP contribution in [-0.4, -0.2) is 23.0 Å². The van der Waals surface area contributed by atoms with Crippen molar-refractivity contribution in [2.24, 2.45) is 0 Å². The molecule has 1 aliphatic rings. The third-order valence-electron chi connectivity index (χ3n) is 3.95. The second-order valence-electron chi connectivity index (χ2n) is 5.06. The van der Waals surface area contributed by atoms with Gasteiger partial charge < -0.3 is 4.98 Å². The van der Waals surface area contributed by atoms with Crippen molar-refractivity contribution in [3.8, 4) is 0 Å². The van der Waals surface area contributed by atoms with Crippen LogP contribution in [0, 0.1) is 0 Å². The van der Waals surface area contributed by atoms with Gasteiger partial charge in [-0.3, -0.25) is 4.90 Å². The summed E-state index contributed by atoms with van der Waals surface area (Å²) in [5, 5.41) is 1.33. The van der Waals surface area contributed by atoms with Gasteiger partial charge >= 0.3 is 0 Å². The molecule has 1 N–H and O–H groups in total. The summed E-state index contributed by atoms with van der Waals surface area (Å²) >= 11 is 0. The van der Waals surface area contributed by atoms with E-state index in [-0.39, 0.29) is 0 Å². The number of H-pyrrole nitrogens is 1. The zero-order valence-electron chi connectivity index (χ0n) is 10.7. The van der Waals surface area contributed by atoms with Gasteiger partial charge in [0.15, 0.2) is 0 Å². The summed E-state index contributed by atoms with van der Waals surface area (Å²) in [6, 6.07) is 9.02. The van der Waals surface area contributed by atoms with E-state index in [9.17, 15) is 0 Å². The molecule has 0 bridgehead atoms. The van der Waals surface area contributed by atoms with E-state index in [1.54, 1.807) is 0 Å². The van der Waals surface area contributed by atoms with Gasteiger partial charge in [-0.1, -0.05) is 24.6 Å². The van der Waals surface area contributed by atoms with Crippen molar-refractivity contribution >= 4 is 10.9 Å². The molecule has 1 unspecified atom stereocenters. The van der Waals surface area contributed by atoms with Crippen LogP contribution in [-0.2, 0) is 0 Å². The summed E-state index contributed by atoms with van der Waals surface area (Å²) in [4.78, 5) is 5.84. The first-order valence-corrected chi connectivity index (χ1v) is 6.83. The average Bonchev–Trinajstić information content (AvgIpc) is 2.90. The topological polar surface area (TPSA) is 19.0 Å². The molecule has 94 valence electrons. The number of nitrogens with one attached hydrogen (secondary N) is 1. The molecule has 2 heteroatoms. The van der Waals surface area contributed by atoms with Gasteiger partial charge in [0.25, 0.3) is 0 Å². The molecule has 1 saturated heterocycles. The van der Waals surface area contributed by atoms with Crippen molar-refractivity contribution in [1.82, 2.24) is 9.88 Å². The molecule has 1 fully saturated rings. The lowest BCUT2D eigenvalue weighted by atomic mass is 9.99. The van der Waals surface area contributed by atoms with Gasteiger partial charge in [-0.25, -0.2) is 0 Å². The SMILES string of the molecule is C=CC(c1cccc2[nH]ccc12)N1CCCCC1. The monoisotopic (exact) mass is 240 g/mol. The number of piperidine rings is 1. The lowest BCUT2D eigenvalue weighted by molar-refractivity contribution is 0.193. The van der Waals surface area contributed by atoms with E-state index >= 15 is 0 Å². The number of hydrogen-bond acceptors (Lipinski definition) is 1. The summed E-state index contributed by atoms with van der Waals surface area (Å²) < 4.78 is 0. The lowest BCUT2D eigenvalue weighted by Crippen LogP contribution is -2.32. The number of rotatable bonds is 3. The van der Waals surface area contributed by atoms with E-state index in [0.29, 0.717) is 6.04 Å². The Kier molecular flexibility index (Phi) is 3.20. The van der Waals surface area contributed by atoms with Gasteiger partial charge in [0, 0.05) is 17.1 Å². The molecule has 1 atom stereocenters. The quantitative estimate of drug-likeness (QED) is 0.807. The fraction of sp³-hybridized carbons (Fsp3) is 0.375. The molecule has 3 rings (SSSR count). The number of aromatic nitrogens is 1. The predicted molar refractivity (Wildman–Crippen MR) is 76.7 cm³/mol. The molecule has 2 aromatic rings. The van der Waals surface area contributed by atoms with Crippen LogP contribution >= 0.6 is 0 Å². The maximum atomic E-state index is 4.05. The third kappa shape index (κ3) is 1.97. The van der Waals surface area contributed by atoms with Crippen LogP contribution in [0.1, 0.15) is 30.9 Å². The fourth-order valence-corrected chi connectivity index (χ4v) is 3.04. The zero-order chi connectivity index (χ0) is 12.4. The molecule has 1 aromatic heterocycles. The average molecular weight is 240 g/mol. The second-order valence-corrected chi connectivity index (χ2v) is 5.06. The number of benzene rings is 1. The minimum atomic E-state index is 0.352. The van der Waals surface area contributed by atoms with E-state index in [0.717, 1.165) is 0 Å². The van der Waals surface area contributed by atoms with Crippen molar-refractivity contribution < 1.29 is 0 Å². The third-order valence-corrected chi connectivity index (χ3v) is 3.95. The van der Waals surface area contributed by atoms with Crippen LogP contribution in [0.3, 0.4) is 0 Å². The number of likely N-dealkylation sites (tertiary alicyclic amines) is 1. The normalized spacial score (nSPS) is 18.9. The van der Waals surface area contributed by atoms with Gasteiger partial charge in [0.05, 0.1) is 6.04 Å². The van der Waals surface area contributed by atoms with Crippen LogP contribution in [0.15, 0.2) is 43.1 Å². The first kappa shape index (κ1) is 11.5. The summed E-state index contributed by atoms with van der Waals surface area (Å²) in [7, 11) is 0. The van der Waals surface area contributed by atoms with Crippen molar-refractivity contribution in [3.63, 3.8) is 0 Å². The molecule has 2 nitrogen and oxygen atoms in total. The van der Waals surface area contributed by atoms with Gasteiger partial charge in [0.1, 0.15) is 0 Å². The molecular weight excluding hydrogens is 220 g/mol. The van der Waals surface area contributed by atoms with E-state index in [2.05, 4.69) is 46.8 Å². The Balaban J connectivity index is 1.99. The van der Waals surface area contributed by atoms with Crippen molar-refractivity contribution in [2.75, 3.05) is 13.1 Å². The van der Waals surface area contributed by atoms with Crippen molar-refractivity contribution in [3.05, 3.63) is 48.7 Å². The number of nitrogens with zero attached hydrogens (tertiary/aromatic N) is 1. The Hall–Kier alpha value is -1.54. The molecule has 1 aromatic carbocycles. The second kappa shape index (κ2) is 4.99. The van der Waals surface area contributed by atoms with Crippen molar-refractivity contribution in [1.29, 1.82) is 0 Å². The highest BCUT2D eigenvalue weighted by atomic mass is 15.2. The Morgan fingerprint density at radius 3 is 2.78 bits per heavy atom. The largest absolute Gasteiger partial charge is 0.361 e. The minimum absolute atomic E-state index is 0.352. The molecule has 0 spiro atoms.